The maximum Gasteiger partial charge on any atom is 0.257 e. The normalized spacial score (nSPS) is 21.8. The summed E-state index contributed by atoms with van der Waals surface area (Å²) >= 11 is 0. The molecule has 4 rings (SSSR count). The van der Waals surface area contributed by atoms with E-state index < -0.39 is 5.41 Å². The van der Waals surface area contributed by atoms with E-state index in [1.54, 1.807) is 36.1 Å². The van der Waals surface area contributed by atoms with Crippen LogP contribution in [0.5, 0.6) is 5.75 Å². The Morgan fingerprint density at radius 2 is 1.84 bits per heavy atom. The third-order valence-corrected chi connectivity index (χ3v) is 5.39. The lowest BCUT2D eigenvalue weighted by atomic mass is 9.81. The number of methoxy groups -OCH3 is 1. The Hall–Kier alpha value is -2.82. The molecule has 128 valence electrons. The molecule has 0 aliphatic carbocycles. The summed E-state index contributed by atoms with van der Waals surface area (Å²) in [5, 5.41) is 0. The van der Waals surface area contributed by atoms with Gasteiger partial charge in [0, 0.05) is 25.8 Å². The maximum absolute atomic E-state index is 13.0. The largest absolute Gasteiger partial charge is 0.496 e. The third-order valence-electron chi connectivity index (χ3n) is 5.39. The summed E-state index contributed by atoms with van der Waals surface area (Å²) in [6.45, 7) is 0.967. The van der Waals surface area contributed by atoms with Crippen LogP contribution in [0.15, 0.2) is 48.5 Å². The molecule has 2 amide bonds. The average molecular weight is 336 g/mol. The molecule has 1 atom stereocenters. The standard InChI is InChI=1S/C20H20N2O3/c1-21-16-9-5-4-8-15(16)20(19(21)24)11-12-22(13-20)18(23)14-7-3-6-10-17(14)25-2/h3-10H,11-13H2,1-2H3. The molecule has 2 aromatic carbocycles. The van der Waals surface area contributed by atoms with Crippen LogP contribution in [0.4, 0.5) is 5.69 Å². The monoisotopic (exact) mass is 336 g/mol. The predicted molar refractivity (Wildman–Crippen MR) is 95.0 cm³/mol. The van der Waals surface area contributed by atoms with Gasteiger partial charge in [-0.1, -0.05) is 30.3 Å². The number of fused-ring (bicyclic) bond motifs is 2. The predicted octanol–water partition coefficient (Wildman–Crippen LogP) is 2.46. The fourth-order valence-corrected chi connectivity index (χ4v) is 4.09. The number of carbonyl (C=O) groups excluding carboxylic acids is 2. The van der Waals surface area contributed by atoms with Crippen LogP contribution in [-0.2, 0) is 10.2 Å². The van der Waals surface area contributed by atoms with E-state index in [2.05, 4.69) is 0 Å². The molecule has 1 fully saturated rings. The van der Waals surface area contributed by atoms with Gasteiger partial charge < -0.3 is 14.5 Å². The number of rotatable bonds is 2. The number of hydrogen-bond acceptors (Lipinski definition) is 3. The van der Waals surface area contributed by atoms with Crippen molar-refractivity contribution in [3.05, 3.63) is 59.7 Å². The highest BCUT2D eigenvalue weighted by molar-refractivity contribution is 6.09. The van der Waals surface area contributed by atoms with Crippen molar-refractivity contribution < 1.29 is 14.3 Å². The van der Waals surface area contributed by atoms with Crippen molar-refractivity contribution in [2.75, 3.05) is 32.1 Å². The summed E-state index contributed by atoms with van der Waals surface area (Å²) in [6, 6.07) is 15.1. The van der Waals surface area contributed by atoms with Gasteiger partial charge in [0.15, 0.2) is 0 Å². The van der Waals surface area contributed by atoms with Gasteiger partial charge in [0.05, 0.1) is 18.1 Å². The molecular formula is C20H20N2O3. The molecule has 0 radical (unpaired) electrons. The van der Waals surface area contributed by atoms with Gasteiger partial charge in [-0.05, 0) is 30.2 Å². The molecule has 0 saturated carbocycles. The number of likely N-dealkylation sites (N-methyl/N-ethyl adjacent to an activating group) is 1. The zero-order valence-electron chi connectivity index (χ0n) is 14.4. The molecular weight excluding hydrogens is 316 g/mol. The number of hydrogen-bond donors (Lipinski definition) is 0. The molecule has 0 bridgehead atoms. The van der Waals surface area contributed by atoms with Gasteiger partial charge in [0.2, 0.25) is 5.91 Å². The van der Waals surface area contributed by atoms with Crippen molar-refractivity contribution in [3.63, 3.8) is 0 Å². The number of para-hydroxylation sites is 2. The van der Waals surface area contributed by atoms with Crippen molar-refractivity contribution in [1.82, 2.24) is 4.90 Å². The highest BCUT2D eigenvalue weighted by Gasteiger charge is 2.54. The minimum atomic E-state index is -0.622. The fraction of sp³-hybridized carbons (Fsp3) is 0.300. The number of likely N-dealkylation sites (tertiary alicyclic amines) is 1. The number of anilines is 1. The minimum Gasteiger partial charge on any atom is -0.496 e. The van der Waals surface area contributed by atoms with E-state index in [-0.39, 0.29) is 11.8 Å². The zero-order chi connectivity index (χ0) is 17.6. The Morgan fingerprint density at radius 3 is 2.64 bits per heavy atom. The second-order valence-corrected chi connectivity index (χ2v) is 6.64. The van der Waals surface area contributed by atoms with Crippen molar-refractivity contribution in [2.45, 2.75) is 11.8 Å². The Labute approximate surface area is 146 Å². The molecule has 2 heterocycles. The smallest absolute Gasteiger partial charge is 0.257 e. The zero-order valence-corrected chi connectivity index (χ0v) is 14.4. The van der Waals surface area contributed by atoms with Crippen LogP contribution in [0.1, 0.15) is 22.3 Å². The number of amides is 2. The number of carbonyl (C=O) groups is 2. The first kappa shape index (κ1) is 15.7. The van der Waals surface area contributed by atoms with Crippen molar-refractivity contribution in [1.29, 1.82) is 0 Å². The second kappa shape index (κ2) is 5.62. The van der Waals surface area contributed by atoms with E-state index in [9.17, 15) is 9.59 Å². The summed E-state index contributed by atoms with van der Waals surface area (Å²) in [5.74, 6) is 0.543. The van der Waals surface area contributed by atoms with Crippen LogP contribution in [0.3, 0.4) is 0 Å². The van der Waals surface area contributed by atoms with E-state index >= 15 is 0 Å². The lowest BCUT2D eigenvalue weighted by Crippen LogP contribution is -2.42. The molecule has 0 N–H and O–H groups in total. The van der Waals surface area contributed by atoms with Gasteiger partial charge in [0.25, 0.3) is 5.91 Å². The SMILES string of the molecule is COc1ccccc1C(=O)N1CCC2(C1)C(=O)N(C)c1ccccc12. The van der Waals surface area contributed by atoms with Crippen LogP contribution < -0.4 is 9.64 Å². The Morgan fingerprint density at radius 1 is 1.12 bits per heavy atom. The van der Waals surface area contributed by atoms with Crippen LogP contribution in [0.25, 0.3) is 0 Å². The molecule has 2 aliphatic heterocycles. The van der Waals surface area contributed by atoms with E-state index in [1.807, 2.05) is 36.4 Å². The second-order valence-electron chi connectivity index (χ2n) is 6.64. The number of ether oxygens (including phenoxy) is 1. The van der Waals surface area contributed by atoms with E-state index in [4.69, 9.17) is 4.74 Å². The summed E-state index contributed by atoms with van der Waals surface area (Å²) < 4.78 is 5.31. The van der Waals surface area contributed by atoms with Gasteiger partial charge in [0.1, 0.15) is 5.75 Å². The lowest BCUT2D eigenvalue weighted by molar-refractivity contribution is -0.122. The Kier molecular flexibility index (Phi) is 3.53. The van der Waals surface area contributed by atoms with Gasteiger partial charge in [-0.3, -0.25) is 9.59 Å². The molecule has 5 nitrogen and oxygen atoms in total. The first-order chi connectivity index (χ1) is 12.1. The van der Waals surface area contributed by atoms with Crippen LogP contribution in [-0.4, -0.2) is 44.0 Å². The molecule has 2 aromatic rings. The van der Waals surface area contributed by atoms with Gasteiger partial charge in [-0.2, -0.15) is 0 Å². The minimum absolute atomic E-state index is 0.0732. The highest BCUT2D eigenvalue weighted by Crippen LogP contribution is 2.46. The fourth-order valence-electron chi connectivity index (χ4n) is 4.09. The molecule has 2 aliphatic rings. The number of nitrogens with zero attached hydrogens (tertiary/aromatic N) is 2. The first-order valence-electron chi connectivity index (χ1n) is 8.38. The third kappa shape index (κ3) is 2.15. The summed E-state index contributed by atoms with van der Waals surface area (Å²) in [6.07, 6.45) is 0.647. The quantitative estimate of drug-likeness (QED) is 0.846. The molecule has 1 unspecified atom stereocenters. The van der Waals surface area contributed by atoms with Gasteiger partial charge in [-0.25, -0.2) is 0 Å². The molecule has 1 saturated heterocycles. The van der Waals surface area contributed by atoms with Crippen LogP contribution in [0, 0.1) is 0 Å². The first-order valence-corrected chi connectivity index (χ1v) is 8.38. The van der Waals surface area contributed by atoms with Crippen molar-refractivity contribution >= 4 is 17.5 Å². The summed E-state index contributed by atoms with van der Waals surface area (Å²) in [4.78, 5) is 29.4. The Bertz CT molecular complexity index is 864. The van der Waals surface area contributed by atoms with E-state index in [0.29, 0.717) is 30.8 Å². The van der Waals surface area contributed by atoms with Crippen molar-refractivity contribution in [3.8, 4) is 5.75 Å². The van der Waals surface area contributed by atoms with E-state index in [0.717, 1.165) is 11.3 Å². The summed E-state index contributed by atoms with van der Waals surface area (Å²) in [5.41, 5.74) is 1.88. The summed E-state index contributed by atoms with van der Waals surface area (Å²) in [7, 11) is 3.36. The topological polar surface area (TPSA) is 49.9 Å². The maximum atomic E-state index is 13.0. The van der Waals surface area contributed by atoms with Crippen LogP contribution >= 0.6 is 0 Å². The van der Waals surface area contributed by atoms with Crippen molar-refractivity contribution in [2.24, 2.45) is 0 Å². The van der Waals surface area contributed by atoms with Crippen LogP contribution in [0.2, 0.25) is 0 Å². The molecule has 1 spiro atoms. The molecule has 5 heteroatoms. The van der Waals surface area contributed by atoms with Gasteiger partial charge >= 0.3 is 0 Å². The van der Waals surface area contributed by atoms with Gasteiger partial charge in [-0.15, -0.1) is 0 Å². The molecule has 25 heavy (non-hydrogen) atoms. The Balaban J connectivity index is 1.68. The lowest BCUT2D eigenvalue weighted by Gasteiger charge is -2.24. The number of benzene rings is 2. The average Bonchev–Trinajstić information content (AvgIpc) is 3.19. The highest BCUT2D eigenvalue weighted by atomic mass is 16.5. The van der Waals surface area contributed by atoms with E-state index in [1.165, 1.54) is 0 Å². The molecule has 0 aromatic heterocycles.